The second-order valence-electron chi connectivity index (χ2n) is 5.76. The number of benzene rings is 2. The lowest BCUT2D eigenvalue weighted by Gasteiger charge is -2.23. The molecule has 2 aromatic rings. The van der Waals surface area contributed by atoms with Gasteiger partial charge in [-0.3, -0.25) is 0 Å². The van der Waals surface area contributed by atoms with Crippen LogP contribution in [0.15, 0.2) is 36.4 Å². The average molecular weight is 296 g/mol. The fourth-order valence-corrected chi connectivity index (χ4v) is 2.95. The lowest BCUT2D eigenvalue weighted by atomic mass is 10.1. The van der Waals surface area contributed by atoms with E-state index in [4.69, 9.17) is 5.73 Å². The molecule has 3 rings (SSSR count). The molecule has 0 spiro atoms. The summed E-state index contributed by atoms with van der Waals surface area (Å²) >= 11 is 0. The van der Waals surface area contributed by atoms with Crippen LogP contribution in [0.25, 0.3) is 0 Å². The molecule has 4 heteroatoms. The molecule has 2 aromatic carbocycles. The van der Waals surface area contributed by atoms with Gasteiger partial charge in [0.15, 0.2) is 0 Å². The third-order valence-corrected chi connectivity index (χ3v) is 4.28. The van der Waals surface area contributed by atoms with Crippen LogP contribution in [0.3, 0.4) is 0 Å². The predicted molar refractivity (Wildman–Crippen MR) is 95.6 cm³/mol. The second-order valence-corrected chi connectivity index (χ2v) is 5.76. The smallest absolute Gasteiger partial charge is 0.123 e. The highest BCUT2D eigenvalue weighted by Crippen LogP contribution is 2.41. The van der Waals surface area contributed by atoms with Gasteiger partial charge in [-0.2, -0.15) is 0 Å². The van der Waals surface area contributed by atoms with Crippen molar-refractivity contribution < 1.29 is 0 Å². The van der Waals surface area contributed by atoms with Crippen LogP contribution in [0.2, 0.25) is 0 Å². The van der Waals surface area contributed by atoms with Crippen LogP contribution in [0.4, 0.5) is 22.7 Å². The monoisotopic (exact) mass is 296 g/mol. The van der Waals surface area contributed by atoms with Crippen molar-refractivity contribution in [2.24, 2.45) is 0 Å². The maximum absolute atomic E-state index is 6.24. The molecular weight excluding hydrogens is 272 g/mol. The number of nitrogens with one attached hydrogen (secondary N) is 2. The molecule has 0 saturated heterocycles. The van der Waals surface area contributed by atoms with Crippen molar-refractivity contribution in [2.45, 2.75) is 26.9 Å². The zero-order valence-electron chi connectivity index (χ0n) is 13.5. The molecule has 1 atom stereocenters. The van der Waals surface area contributed by atoms with Gasteiger partial charge in [-0.25, -0.2) is 0 Å². The molecule has 0 bridgehead atoms. The van der Waals surface area contributed by atoms with Crippen molar-refractivity contribution in [2.75, 3.05) is 34.4 Å². The molecule has 1 unspecified atom stereocenters. The first-order valence-electron chi connectivity index (χ1n) is 7.90. The summed E-state index contributed by atoms with van der Waals surface area (Å²) in [5.41, 5.74) is 12.8. The van der Waals surface area contributed by atoms with Crippen molar-refractivity contribution in [1.29, 1.82) is 0 Å². The van der Waals surface area contributed by atoms with Gasteiger partial charge in [-0.05, 0) is 38.5 Å². The first kappa shape index (κ1) is 14.6. The number of nitrogens with zero attached hydrogens (tertiary/aromatic N) is 1. The Balaban J connectivity index is 1.88. The molecule has 22 heavy (non-hydrogen) atoms. The maximum atomic E-state index is 6.24. The minimum absolute atomic E-state index is 0.0990. The normalized spacial score (nSPS) is 15.9. The van der Waals surface area contributed by atoms with Crippen LogP contribution in [-0.4, -0.2) is 13.1 Å². The molecule has 0 fully saturated rings. The fraction of sp³-hybridized carbons (Fsp3) is 0.333. The lowest BCUT2D eigenvalue weighted by Crippen LogP contribution is -2.22. The second kappa shape index (κ2) is 5.79. The van der Waals surface area contributed by atoms with Crippen LogP contribution >= 0.6 is 0 Å². The Morgan fingerprint density at radius 1 is 1.00 bits per heavy atom. The minimum Gasteiger partial charge on any atom is -0.397 e. The first-order chi connectivity index (χ1) is 10.6. The van der Waals surface area contributed by atoms with Crippen LogP contribution in [0.5, 0.6) is 0 Å². The molecule has 116 valence electrons. The first-order valence-corrected chi connectivity index (χ1v) is 7.90. The highest BCUT2D eigenvalue weighted by molar-refractivity contribution is 5.86. The molecule has 0 amide bonds. The summed E-state index contributed by atoms with van der Waals surface area (Å²) in [5, 5.41) is 7.05. The third kappa shape index (κ3) is 2.56. The maximum Gasteiger partial charge on any atom is 0.123 e. The number of hydrogen-bond acceptors (Lipinski definition) is 4. The van der Waals surface area contributed by atoms with E-state index in [-0.39, 0.29) is 6.17 Å². The molecule has 4 N–H and O–H groups in total. The predicted octanol–water partition coefficient (Wildman–Crippen LogP) is 3.96. The summed E-state index contributed by atoms with van der Waals surface area (Å²) in [4.78, 5) is 2.27. The summed E-state index contributed by atoms with van der Waals surface area (Å²) in [6.07, 6.45) is 0.0990. The number of rotatable bonds is 4. The topological polar surface area (TPSA) is 53.3 Å². The van der Waals surface area contributed by atoms with Gasteiger partial charge in [0.1, 0.15) is 6.17 Å². The van der Waals surface area contributed by atoms with E-state index in [0.717, 1.165) is 35.8 Å². The zero-order chi connectivity index (χ0) is 15.7. The molecule has 1 heterocycles. The third-order valence-electron chi connectivity index (χ3n) is 4.28. The van der Waals surface area contributed by atoms with E-state index in [1.165, 1.54) is 11.1 Å². The molecule has 0 aromatic heterocycles. The van der Waals surface area contributed by atoms with E-state index in [1.54, 1.807) is 0 Å². The standard InChI is InChI=1S/C18H24N4/c1-4-22(5-2)17-11-16-15(10-14(17)19)20-18(21-16)13-8-6-12(3)7-9-13/h6-11,18,20-21H,4-5,19H2,1-3H3. The van der Waals surface area contributed by atoms with Crippen LogP contribution in [-0.2, 0) is 0 Å². The number of fused-ring (bicyclic) bond motifs is 1. The van der Waals surface area contributed by atoms with Crippen LogP contribution in [0.1, 0.15) is 31.1 Å². The zero-order valence-corrected chi connectivity index (χ0v) is 13.5. The molecule has 0 radical (unpaired) electrons. The minimum atomic E-state index is 0.0990. The van der Waals surface area contributed by atoms with Gasteiger partial charge in [0.05, 0.1) is 22.7 Å². The highest BCUT2D eigenvalue weighted by atomic mass is 15.2. The van der Waals surface area contributed by atoms with E-state index < -0.39 is 0 Å². The average Bonchev–Trinajstić information content (AvgIpc) is 2.92. The Hall–Kier alpha value is -2.36. The Morgan fingerprint density at radius 2 is 1.59 bits per heavy atom. The van der Waals surface area contributed by atoms with Gasteiger partial charge in [0, 0.05) is 13.1 Å². The van der Waals surface area contributed by atoms with Gasteiger partial charge in [-0.1, -0.05) is 29.8 Å². The van der Waals surface area contributed by atoms with Crippen molar-refractivity contribution in [1.82, 2.24) is 0 Å². The van der Waals surface area contributed by atoms with E-state index in [0.29, 0.717) is 0 Å². The molecule has 4 nitrogen and oxygen atoms in total. The van der Waals surface area contributed by atoms with E-state index in [1.807, 2.05) is 6.07 Å². The molecule has 0 saturated carbocycles. The summed E-state index contributed by atoms with van der Waals surface area (Å²) in [6, 6.07) is 12.8. The molecule has 1 aliphatic heterocycles. The van der Waals surface area contributed by atoms with Crippen molar-refractivity contribution >= 4 is 22.7 Å². The number of hydrogen-bond donors (Lipinski definition) is 3. The Bertz CT molecular complexity index is 660. The fourth-order valence-electron chi connectivity index (χ4n) is 2.95. The molecule has 1 aliphatic rings. The van der Waals surface area contributed by atoms with Gasteiger partial charge in [0.2, 0.25) is 0 Å². The van der Waals surface area contributed by atoms with Crippen LogP contribution in [0, 0.1) is 6.92 Å². The number of nitrogen functional groups attached to an aromatic ring is 1. The number of aryl methyl sites for hydroxylation is 1. The number of nitrogens with two attached hydrogens (primary N) is 1. The van der Waals surface area contributed by atoms with Crippen molar-refractivity contribution in [3.63, 3.8) is 0 Å². The van der Waals surface area contributed by atoms with Gasteiger partial charge < -0.3 is 21.3 Å². The Kier molecular flexibility index (Phi) is 3.84. The van der Waals surface area contributed by atoms with Crippen molar-refractivity contribution in [3.05, 3.63) is 47.5 Å². The van der Waals surface area contributed by atoms with E-state index in [9.17, 15) is 0 Å². The van der Waals surface area contributed by atoms with Gasteiger partial charge in [0.25, 0.3) is 0 Å². The van der Waals surface area contributed by atoms with Gasteiger partial charge in [-0.15, -0.1) is 0 Å². The summed E-state index contributed by atoms with van der Waals surface area (Å²) in [7, 11) is 0. The van der Waals surface area contributed by atoms with E-state index in [2.05, 4.69) is 66.6 Å². The van der Waals surface area contributed by atoms with Crippen molar-refractivity contribution in [3.8, 4) is 0 Å². The number of anilines is 4. The Morgan fingerprint density at radius 3 is 2.18 bits per heavy atom. The summed E-state index contributed by atoms with van der Waals surface area (Å²) in [6.45, 7) is 8.31. The molecular formula is C18H24N4. The largest absolute Gasteiger partial charge is 0.397 e. The van der Waals surface area contributed by atoms with Crippen LogP contribution < -0.4 is 21.3 Å². The van der Waals surface area contributed by atoms with E-state index >= 15 is 0 Å². The summed E-state index contributed by atoms with van der Waals surface area (Å²) in [5.74, 6) is 0. The highest BCUT2D eigenvalue weighted by Gasteiger charge is 2.23. The Labute approximate surface area is 132 Å². The van der Waals surface area contributed by atoms with Gasteiger partial charge >= 0.3 is 0 Å². The quantitative estimate of drug-likeness (QED) is 0.748. The molecule has 0 aliphatic carbocycles. The SMILES string of the molecule is CCN(CC)c1cc2c(cc1N)NC(c1ccc(C)cc1)N2. The summed E-state index contributed by atoms with van der Waals surface area (Å²) < 4.78 is 0. The lowest BCUT2D eigenvalue weighted by molar-refractivity contribution is 0.868.